The summed E-state index contributed by atoms with van der Waals surface area (Å²) in [5.41, 5.74) is 6.01. The van der Waals surface area contributed by atoms with Gasteiger partial charge in [0.2, 0.25) is 0 Å². The minimum atomic E-state index is 0.402. The predicted molar refractivity (Wildman–Crippen MR) is 64.5 cm³/mol. The molecular formula is C9H12BrNS2. The summed E-state index contributed by atoms with van der Waals surface area (Å²) in [5.74, 6) is 3.04. The summed E-state index contributed by atoms with van der Waals surface area (Å²) in [5, 5.41) is 2.13. The maximum absolute atomic E-state index is 6.01. The fraction of sp³-hybridized carbons (Fsp3) is 0.556. The number of rotatable bonds is 2. The molecule has 2 heterocycles. The van der Waals surface area contributed by atoms with Crippen LogP contribution in [0.15, 0.2) is 15.9 Å². The van der Waals surface area contributed by atoms with Gasteiger partial charge in [-0.15, -0.1) is 11.3 Å². The third-order valence-electron chi connectivity index (χ3n) is 2.39. The summed E-state index contributed by atoms with van der Waals surface area (Å²) >= 11 is 7.37. The second-order valence-electron chi connectivity index (χ2n) is 3.36. The van der Waals surface area contributed by atoms with E-state index in [4.69, 9.17) is 5.73 Å². The Labute approximate surface area is 95.2 Å². The van der Waals surface area contributed by atoms with Crippen LogP contribution in [0.4, 0.5) is 0 Å². The van der Waals surface area contributed by atoms with Crippen molar-refractivity contribution in [1.29, 1.82) is 0 Å². The molecule has 1 aliphatic rings. The number of hydrogen-bond acceptors (Lipinski definition) is 3. The van der Waals surface area contributed by atoms with E-state index in [9.17, 15) is 0 Å². The van der Waals surface area contributed by atoms with Crippen LogP contribution >= 0.6 is 39.0 Å². The van der Waals surface area contributed by atoms with Crippen LogP contribution in [0.3, 0.4) is 0 Å². The minimum absolute atomic E-state index is 0.402. The summed E-state index contributed by atoms with van der Waals surface area (Å²) in [6.45, 7) is 0. The van der Waals surface area contributed by atoms with Gasteiger partial charge < -0.3 is 5.73 Å². The molecule has 72 valence electrons. The smallest absolute Gasteiger partial charge is 0.0314 e. The lowest BCUT2D eigenvalue weighted by Gasteiger charge is -2.12. The normalized spacial score (nSPS) is 28.2. The van der Waals surface area contributed by atoms with Gasteiger partial charge in [0.15, 0.2) is 0 Å². The lowest BCUT2D eigenvalue weighted by atomic mass is 10.00. The number of thioether (sulfide) groups is 1. The maximum atomic E-state index is 6.01. The zero-order chi connectivity index (χ0) is 9.26. The molecule has 1 aliphatic heterocycles. The fourth-order valence-corrected chi connectivity index (χ4v) is 4.49. The van der Waals surface area contributed by atoms with Gasteiger partial charge in [0, 0.05) is 21.1 Å². The zero-order valence-electron chi connectivity index (χ0n) is 7.20. The van der Waals surface area contributed by atoms with Gasteiger partial charge in [-0.25, -0.2) is 0 Å². The molecule has 0 aliphatic carbocycles. The van der Waals surface area contributed by atoms with Crippen molar-refractivity contribution in [2.75, 3.05) is 11.5 Å². The first-order valence-electron chi connectivity index (χ1n) is 4.32. The molecule has 1 nitrogen and oxygen atoms in total. The van der Waals surface area contributed by atoms with Crippen molar-refractivity contribution in [1.82, 2.24) is 0 Å². The van der Waals surface area contributed by atoms with E-state index in [0.717, 1.165) is 12.2 Å². The van der Waals surface area contributed by atoms with Crippen LogP contribution in [0, 0.1) is 5.92 Å². The summed E-state index contributed by atoms with van der Waals surface area (Å²) in [6.07, 6.45) is 1.15. The summed E-state index contributed by atoms with van der Waals surface area (Å²) in [4.78, 5) is 1.45. The Kier molecular flexibility index (Phi) is 3.35. The van der Waals surface area contributed by atoms with E-state index < -0.39 is 0 Å². The van der Waals surface area contributed by atoms with E-state index >= 15 is 0 Å². The van der Waals surface area contributed by atoms with Gasteiger partial charge in [0.25, 0.3) is 0 Å². The van der Waals surface area contributed by atoms with Crippen molar-refractivity contribution in [2.24, 2.45) is 11.7 Å². The van der Waals surface area contributed by atoms with E-state index in [1.54, 1.807) is 0 Å². The third kappa shape index (κ3) is 2.29. The molecule has 1 aromatic rings. The van der Waals surface area contributed by atoms with E-state index in [2.05, 4.69) is 27.4 Å². The van der Waals surface area contributed by atoms with Crippen molar-refractivity contribution in [3.05, 3.63) is 20.8 Å². The molecule has 1 fully saturated rings. The quantitative estimate of drug-likeness (QED) is 0.900. The lowest BCUT2D eigenvalue weighted by molar-refractivity contribution is 0.518. The lowest BCUT2D eigenvalue weighted by Crippen LogP contribution is -2.29. The molecule has 0 amide bonds. The van der Waals surface area contributed by atoms with Gasteiger partial charge in [-0.1, -0.05) is 0 Å². The largest absolute Gasteiger partial charge is 0.327 e. The first-order chi connectivity index (χ1) is 6.27. The molecule has 1 aromatic heterocycles. The van der Waals surface area contributed by atoms with Crippen LogP contribution in [0.5, 0.6) is 0 Å². The van der Waals surface area contributed by atoms with E-state index in [1.807, 2.05) is 23.1 Å². The summed E-state index contributed by atoms with van der Waals surface area (Å²) < 4.78 is 1.25. The van der Waals surface area contributed by atoms with Gasteiger partial charge in [-0.3, -0.25) is 0 Å². The molecule has 0 saturated carbocycles. The molecule has 0 radical (unpaired) electrons. The summed E-state index contributed by atoms with van der Waals surface area (Å²) in [7, 11) is 0. The Morgan fingerprint density at radius 1 is 1.54 bits per heavy atom. The molecule has 1 saturated heterocycles. The number of thiophene rings is 1. The Balaban J connectivity index is 2.01. The highest BCUT2D eigenvalue weighted by molar-refractivity contribution is 9.10. The van der Waals surface area contributed by atoms with Crippen molar-refractivity contribution >= 4 is 39.0 Å². The Hall–Kier alpha value is 0.490. The standard InChI is InChI=1S/C9H12BrNS2/c10-7-1-2-13-9(7)3-6-4-12-5-8(6)11/h1-2,6,8H,3-5,11H2. The monoisotopic (exact) mass is 277 g/mol. The van der Waals surface area contributed by atoms with Crippen molar-refractivity contribution in [3.63, 3.8) is 0 Å². The zero-order valence-corrected chi connectivity index (χ0v) is 10.4. The molecule has 13 heavy (non-hydrogen) atoms. The SMILES string of the molecule is NC1CSCC1Cc1sccc1Br. The predicted octanol–water partition coefficient (Wildman–Crippen LogP) is 2.74. The van der Waals surface area contributed by atoms with Crippen LogP contribution < -0.4 is 5.73 Å². The molecule has 2 unspecified atom stereocenters. The van der Waals surface area contributed by atoms with E-state index in [0.29, 0.717) is 12.0 Å². The van der Waals surface area contributed by atoms with Crippen LogP contribution in [0.1, 0.15) is 4.88 Å². The average molecular weight is 278 g/mol. The molecule has 0 spiro atoms. The topological polar surface area (TPSA) is 26.0 Å². The molecule has 0 aromatic carbocycles. The maximum Gasteiger partial charge on any atom is 0.0314 e. The van der Waals surface area contributed by atoms with Crippen LogP contribution in [0.2, 0.25) is 0 Å². The Morgan fingerprint density at radius 3 is 2.92 bits per heavy atom. The highest BCUT2D eigenvalue weighted by Crippen LogP contribution is 2.31. The van der Waals surface area contributed by atoms with E-state index in [1.165, 1.54) is 15.1 Å². The van der Waals surface area contributed by atoms with Gasteiger partial charge in [0.1, 0.15) is 0 Å². The van der Waals surface area contributed by atoms with Gasteiger partial charge in [-0.2, -0.15) is 11.8 Å². The third-order valence-corrected chi connectivity index (χ3v) is 5.62. The Bertz CT molecular complexity index is 287. The molecule has 2 rings (SSSR count). The van der Waals surface area contributed by atoms with Crippen molar-refractivity contribution < 1.29 is 0 Å². The second kappa shape index (κ2) is 4.34. The van der Waals surface area contributed by atoms with Gasteiger partial charge >= 0.3 is 0 Å². The molecular weight excluding hydrogens is 266 g/mol. The van der Waals surface area contributed by atoms with Crippen molar-refractivity contribution in [3.8, 4) is 0 Å². The van der Waals surface area contributed by atoms with E-state index in [-0.39, 0.29) is 0 Å². The molecule has 4 heteroatoms. The number of halogens is 1. The van der Waals surface area contributed by atoms with Crippen LogP contribution in [0.25, 0.3) is 0 Å². The van der Waals surface area contributed by atoms with Gasteiger partial charge in [-0.05, 0) is 45.5 Å². The number of hydrogen-bond donors (Lipinski definition) is 1. The molecule has 2 atom stereocenters. The first-order valence-corrected chi connectivity index (χ1v) is 7.15. The Morgan fingerprint density at radius 2 is 2.38 bits per heavy atom. The van der Waals surface area contributed by atoms with Gasteiger partial charge in [0.05, 0.1) is 0 Å². The number of nitrogens with two attached hydrogens (primary N) is 1. The minimum Gasteiger partial charge on any atom is -0.327 e. The first kappa shape index (κ1) is 10.0. The molecule has 2 N–H and O–H groups in total. The van der Waals surface area contributed by atoms with Crippen LogP contribution in [-0.4, -0.2) is 17.5 Å². The van der Waals surface area contributed by atoms with Crippen LogP contribution in [-0.2, 0) is 6.42 Å². The highest BCUT2D eigenvalue weighted by atomic mass is 79.9. The summed E-state index contributed by atoms with van der Waals surface area (Å²) in [6, 6.07) is 2.52. The highest BCUT2D eigenvalue weighted by Gasteiger charge is 2.25. The average Bonchev–Trinajstić information content (AvgIpc) is 2.65. The van der Waals surface area contributed by atoms with Crippen molar-refractivity contribution in [2.45, 2.75) is 12.5 Å². The molecule has 0 bridgehead atoms. The second-order valence-corrected chi connectivity index (χ2v) is 6.29. The fourth-order valence-electron chi connectivity index (χ4n) is 1.53.